The van der Waals surface area contributed by atoms with Gasteiger partial charge in [-0.1, -0.05) is 49.4 Å². The van der Waals surface area contributed by atoms with Crippen molar-refractivity contribution >= 4 is 6.09 Å². The topological polar surface area (TPSA) is 38.3 Å². The maximum absolute atomic E-state index is 11.3. The van der Waals surface area contributed by atoms with Gasteiger partial charge in [0, 0.05) is 6.20 Å². The van der Waals surface area contributed by atoms with Crippen molar-refractivity contribution in [3.05, 3.63) is 60.3 Å². The van der Waals surface area contributed by atoms with Crippen LogP contribution in [0.15, 0.2) is 54.8 Å². The number of hydrogen-bond acceptors (Lipinski definition) is 2. The molecule has 17 heavy (non-hydrogen) atoms. The highest BCUT2D eigenvalue weighted by Gasteiger charge is 1.98. The van der Waals surface area contributed by atoms with Crippen LogP contribution in [0.25, 0.3) is 0 Å². The summed E-state index contributed by atoms with van der Waals surface area (Å²) in [6.07, 6.45) is 3.69. The maximum Gasteiger partial charge on any atom is 0.411 e. The number of carbonyl (C=O) groups excluding carboxylic acids is 1. The Morgan fingerprint density at radius 1 is 1.41 bits per heavy atom. The summed E-state index contributed by atoms with van der Waals surface area (Å²) in [4.78, 5) is 11.3. The Balaban J connectivity index is 2.26. The van der Waals surface area contributed by atoms with Crippen molar-refractivity contribution in [1.29, 1.82) is 0 Å². The summed E-state index contributed by atoms with van der Waals surface area (Å²) >= 11 is 0. The summed E-state index contributed by atoms with van der Waals surface area (Å²) in [7, 11) is 0. The Hall–Kier alpha value is -2.03. The molecule has 1 aromatic rings. The van der Waals surface area contributed by atoms with Crippen LogP contribution in [-0.4, -0.2) is 6.09 Å². The molecule has 1 rings (SSSR count). The normalized spacial score (nSPS) is 10.2. The van der Waals surface area contributed by atoms with Crippen LogP contribution >= 0.6 is 0 Å². The van der Waals surface area contributed by atoms with Crippen LogP contribution in [0.1, 0.15) is 18.9 Å². The number of carbonyl (C=O) groups is 1. The van der Waals surface area contributed by atoms with Gasteiger partial charge in [-0.25, -0.2) is 4.79 Å². The van der Waals surface area contributed by atoms with Gasteiger partial charge in [0.25, 0.3) is 0 Å². The Morgan fingerprint density at radius 3 is 2.76 bits per heavy atom. The monoisotopic (exact) mass is 231 g/mol. The van der Waals surface area contributed by atoms with Gasteiger partial charge in [-0.05, 0) is 18.1 Å². The van der Waals surface area contributed by atoms with Crippen molar-refractivity contribution in [2.24, 2.45) is 0 Å². The van der Waals surface area contributed by atoms with Gasteiger partial charge >= 0.3 is 6.09 Å². The van der Waals surface area contributed by atoms with Crippen molar-refractivity contribution in [3.8, 4) is 0 Å². The summed E-state index contributed by atoms with van der Waals surface area (Å²) < 4.78 is 5.01. The van der Waals surface area contributed by atoms with E-state index >= 15 is 0 Å². The van der Waals surface area contributed by atoms with Gasteiger partial charge < -0.3 is 4.74 Å². The lowest BCUT2D eigenvalue weighted by molar-refractivity contribution is 0.143. The number of ether oxygens (including phenoxy) is 1. The number of alkyl carbamates (subject to hydrolysis) is 1. The van der Waals surface area contributed by atoms with Crippen LogP contribution in [0.4, 0.5) is 4.79 Å². The lowest BCUT2D eigenvalue weighted by atomic mass is 10.2. The number of allylic oxidation sites excluding steroid dienone is 2. The molecule has 0 aliphatic carbocycles. The van der Waals surface area contributed by atoms with Gasteiger partial charge in [0.05, 0.1) is 0 Å². The fraction of sp³-hybridized carbons (Fsp3) is 0.214. The van der Waals surface area contributed by atoms with Gasteiger partial charge in [0.1, 0.15) is 6.61 Å². The standard InChI is InChI=1S/C14H17NO2/c1-3-12(2)9-10-15-14(16)17-11-13-7-5-4-6-8-13/h4-10H,2-3,11H2,1H3,(H,15,16)/b10-9+. The molecule has 0 unspecified atom stereocenters. The molecule has 0 aliphatic rings. The highest BCUT2D eigenvalue weighted by Crippen LogP contribution is 2.00. The van der Waals surface area contributed by atoms with E-state index < -0.39 is 6.09 Å². The molecule has 0 aliphatic heterocycles. The highest BCUT2D eigenvalue weighted by atomic mass is 16.5. The van der Waals surface area contributed by atoms with E-state index in [0.29, 0.717) is 0 Å². The number of rotatable bonds is 5. The summed E-state index contributed by atoms with van der Waals surface area (Å²) in [6, 6.07) is 9.54. The molecule has 1 aromatic carbocycles. The summed E-state index contributed by atoms with van der Waals surface area (Å²) in [5, 5.41) is 2.52. The molecule has 0 saturated heterocycles. The second kappa shape index (κ2) is 7.28. The summed E-state index contributed by atoms with van der Waals surface area (Å²) in [5.74, 6) is 0. The van der Waals surface area contributed by atoms with Gasteiger partial charge in [0.15, 0.2) is 0 Å². The Morgan fingerprint density at radius 2 is 2.12 bits per heavy atom. The van der Waals surface area contributed by atoms with E-state index in [1.807, 2.05) is 37.3 Å². The molecule has 90 valence electrons. The molecular weight excluding hydrogens is 214 g/mol. The van der Waals surface area contributed by atoms with Crippen LogP contribution in [0.2, 0.25) is 0 Å². The molecular formula is C14H17NO2. The predicted octanol–water partition coefficient (Wildman–Crippen LogP) is 3.39. The zero-order valence-corrected chi connectivity index (χ0v) is 9.98. The van der Waals surface area contributed by atoms with Crippen LogP contribution in [-0.2, 0) is 11.3 Å². The first-order valence-corrected chi connectivity index (χ1v) is 5.54. The van der Waals surface area contributed by atoms with Crippen molar-refractivity contribution in [2.75, 3.05) is 0 Å². The summed E-state index contributed by atoms with van der Waals surface area (Å²) in [6.45, 7) is 6.06. The lowest BCUT2D eigenvalue weighted by Gasteiger charge is -2.03. The van der Waals surface area contributed by atoms with Crippen LogP contribution < -0.4 is 5.32 Å². The van der Waals surface area contributed by atoms with Gasteiger partial charge in [-0.2, -0.15) is 0 Å². The number of hydrogen-bond donors (Lipinski definition) is 1. The van der Waals surface area contributed by atoms with Crippen molar-refractivity contribution in [2.45, 2.75) is 20.0 Å². The quantitative estimate of drug-likeness (QED) is 0.789. The van der Waals surface area contributed by atoms with Crippen LogP contribution in [0.5, 0.6) is 0 Å². The molecule has 3 heteroatoms. The minimum absolute atomic E-state index is 0.273. The first kappa shape index (κ1) is 13.0. The zero-order valence-electron chi connectivity index (χ0n) is 9.98. The van der Waals surface area contributed by atoms with Gasteiger partial charge in [-0.3, -0.25) is 5.32 Å². The van der Waals surface area contributed by atoms with E-state index in [4.69, 9.17) is 4.74 Å². The first-order valence-electron chi connectivity index (χ1n) is 5.54. The predicted molar refractivity (Wildman–Crippen MR) is 68.3 cm³/mol. The molecule has 0 saturated carbocycles. The molecule has 0 radical (unpaired) electrons. The zero-order chi connectivity index (χ0) is 12.5. The number of nitrogens with one attached hydrogen (secondary N) is 1. The van der Waals surface area contributed by atoms with E-state index in [1.54, 1.807) is 12.3 Å². The molecule has 0 spiro atoms. The van der Waals surface area contributed by atoms with Crippen LogP contribution in [0, 0.1) is 0 Å². The van der Waals surface area contributed by atoms with E-state index in [9.17, 15) is 4.79 Å². The second-order valence-corrected chi connectivity index (χ2v) is 3.55. The third-order valence-electron chi connectivity index (χ3n) is 2.19. The molecule has 1 amide bonds. The highest BCUT2D eigenvalue weighted by molar-refractivity contribution is 5.68. The van der Waals surface area contributed by atoms with E-state index in [1.165, 1.54) is 0 Å². The van der Waals surface area contributed by atoms with Crippen molar-refractivity contribution in [3.63, 3.8) is 0 Å². The van der Waals surface area contributed by atoms with Crippen molar-refractivity contribution < 1.29 is 9.53 Å². The number of amides is 1. The SMILES string of the molecule is C=C(/C=C/NC(=O)OCc1ccccc1)CC. The Kier molecular flexibility index (Phi) is 5.58. The Bertz CT molecular complexity index is 396. The minimum Gasteiger partial charge on any atom is -0.444 e. The third-order valence-corrected chi connectivity index (χ3v) is 2.19. The van der Waals surface area contributed by atoms with E-state index in [-0.39, 0.29) is 6.61 Å². The smallest absolute Gasteiger partial charge is 0.411 e. The fourth-order valence-electron chi connectivity index (χ4n) is 1.11. The average molecular weight is 231 g/mol. The molecule has 0 aromatic heterocycles. The minimum atomic E-state index is -0.464. The molecule has 0 fully saturated rings. The molecule has 1 N–H and O–H groups in total. The maximum atomic E-state index is 11.3. The second-order valence-electron chi connectivity index (χ2n) is 3.55. The number of benzene rings is 1. The Labute approximate surface area is 102 Å². The van der Waals surface area contributed by atoms with Crippen LogP contribution in [0.3, 0.4) is 0 Å². The third kappa shape index (κ3) is 5.56. The first-order chi connectivity index (χ1) is 8.22. The summed E-state index contributed by atoms with van der Waals surface area (Å²) in [5.41, 5.74) is 1.91. The largest absolute Gasteiger partial charge is 0.444 e. The van der Waals surface area contributed by atoms with Crippen molar-refractivity contribution in [1.82, 2.24) is 5.32 Å². The van der Waals surface area contributed by atoms with Gasteiger partial charge in [-0.15, -0.1) is 0 Å². The molecule has 0 bridgehead atoms. The van der Waals surface area contributed by atoms with E-state index in [2.05, 4.69) is 11.9 Å². The average Bonchev–Trinajstić information content (AvgIpc) is 2.37. The lowest BCUT2D eigenvalue weighted by Crippen LogP contribution is -2.18. The van der Waals surface area contributed by atoms with E-state index in [0.717, 1.165) is 17.6 Å². The fourth-order valence-corrected chi connectivity index (χ4v) is 1.11. The molecule has 0 atom stereocenters. The van der Waals surface area contributed by atoms with Gasteiger partial charge in [0.2, 0.25) is 0 Å². The molecule has 3 nitrogen and oxygen atoms in total. The molecule has 0 heterocycles.